The van der Waals surface area contributed by atoms with Gasteiger partial charge in [-0.25, -0.2) is 9.97 Å². The minimum atomic E-state index is 0.826. The van der Waals surface area contributed by atoms with Gasteiger partial charge < -0.3 is 0 Å². The van der Waals surface area contributed by atoms with Crippen molar-refractivity contribution in [3.63, 3.8) is 0 Å². The second kappa shape index (κ2) is 26.7. The van der Waals surface area contributed by atoms with E-state index in [9.17, 15) is 0 Å². The Bertz CT molecular complexity index is 3400. The van der Waals surface area contributed by atoms with Crippen molar-refractivity contribution in [1.29, 1.82) is 0 Å². The highest BCUT2D eigenvalue weighted by Crippen LogP contribution is 2.18. The number of rotatable bonds is 0. The average Bonchev–Trinajstić information content (AvgIpc) is 3.47. The lowest BCUT2D eigenvalue weighted by Gasteiger charge is -1.97. The molecule has 14 heteroatoms. The first-order chi connectivity index (χ1) is 37.6. The van der Waals surface area contributed by atoms with Crippen molar-refractivity contribution in [3.8, 4) is 0 Å². The maximum atomic E-state index is 4.18. The molecule has 0 unspecified atom stereocenters. The van der Waals surface area contributed by atoms with Gasteiger partial charge in [0.15, 0.2) is 5.65 Å². The van der Waals surface area contributed by atoms with E-state index in [1.165, 1.54) is 60.1 Å². The molecule has 0 atom stereocenters. The SMILES string of the molecule is Cc1cccc2nnccc12.Cc1ccnc2cnccc12.Cc1ccnc2ncccc12.Cc1cncc2ccncc12.Cc1cncc2cnccc12.Cc1nccc2ccncc12.Cc1nccc2cnccc12. The van der Waals surface area contributed by atoms with Crippen LogP contribution in [0, 0.1) is 48.5 Å². The van der Waals surface area contributed by atoms with Crippen LogP contribution in [0.4, 0.5) is 0 Å². The van der Waals surface area contributed by atoms with E-state index in [4.69, 9.17) is 0 Å². The molecule has 0 aliphatic carbocycles. The lowest BCUT2D eigenvalue weighted by Crippen LogP contribution is -1.83. The highest BCUT2D eigenvalue weighted by molar-refractivity contribution is 5.86. The Morgan fingerprint density at radius 1 is 0.247 bits per heavy atom. The number of hydrogen-bond donors (Lipinski definition) is 0. The topological polar surface area (TPSA) is 180 Å². The van der Waals surface area contributed by atoms with E-state index >= 15 is 0 Å². The zero-order chi connectivity index (χ0) is 53.8. The molecule has 378 valence electrons. The second-order valence-corrected chi connectivity index (χ2v) is 17.7. The third-order valence-electron chi connectivity index (χ3n) is 12.3. The molecule has 0 aliphatic heterocycles. The molecule has 14 nitrogen and oxygen atoms in total. The van der Waals surface area contributed by atoms with E-state index in [0.29, 0.717) is 0 Å². The highest BCUT2D eigenvalue weighted by Gasteiger charge is 2.00. The van der Waals surface area contributed by atoms with Crippen molar-refractivity contribution >= 4 is 75.9 Å². The Morgan fingerprint density at radius 3 is 1.43 bits per heavy atom. The van der Waals surface area contributed by atoms with Crippen LogP contribution in [0.2, 0.25) is 0 Å². The van der Waals surface area contributed by atoms with Crippen LogP contribution in [0.3, 0.4) is 0 Å². The number of aryl methyl sites for hydroxylation is 7. The van der Waals surface area contributed by atoms with Crippen LogP contribution in [0.1, 0.15) is 39.2 Å². The summed E-state index contributed by atoms with van der Waals surface area (Å²) in [7, 11) is 0. The van der Waals surface area contributed by atoms with Gasteiger partial charge >= 0.3 is 0 Å². The van der Waals surface area contributed by atoms with Crippen molar-refractivity contribution in [3.05, 3.63) is 254 Å². The molecular weight excluding hydrogens is 953 g/mol. The number of benzene rings is 1. The molecule has 0 aliphatic rings. The van der Waals surface area contributed by atoms with Gasteiger partial charge in [0.1, 0.15) is 0 Å². The van der Waals surface area contributed by atoms with Gasteiger partial charge in [-0.1, -0.05) is 12.1 Å². The molecule has 13 heterocycles. The maximum Gasteiger partial charge on any atom is 0.159 e. The van der Waals surface area contributed by atoms with Gasteiger partial charge in [-0.2, -0.15) is 10.2 Å². The normalized spacial score (nSPS) is 10.3. The molecule has 0 radical (unpaired) electrons. The first kappa shape index (κ1) is 53.2. The van der Waals surface area contributed by atoms with E-state index in [-0.39, 0.29) is 0 Å². The summed E-state index contributed by atoms with van der Waals surface area (Å²) >= 11 is 0. The molecule has 0 spiro atoms. The van der Waals surface area contributed by atoms with Crippen molar-refractivity contribution in [2.24, 2.45) is 0 Å². The van der Waals surface area contributed by atoms with Crippen LogP contribution in [0.25, 0.3) is 75.9 Å². The van der Waals surface area contributed by atoms with Gasteiger partial charge in [0.25, 0.3) is 0 Å². The smallest absolute Gasteiger partial charge is 0.159 e. The quantitative estimate of drug-likeness (QED) is 0.140. The first-order valence-corrected chi connectivity index (χ1v) is 24.7. The molecule has 14 aromatic rings. The third-order valence-corrected chi connectivity index (χ3v) is 12.3. The summed E-state index contributed by atoms with van der Waals surface area (Å²) in [5.41, 5.74) is 11.0. The molecular formula is C63H56N14. The Balaban J connectivity index is 0.000000119. The number of aromatic nitrogens is 14. The van der Waals surface area contributed by atoms with Gasteiger partial charge in [-0.3, -0.25) is 49.8 Å². The lowest BCUT2D eigenvalue weighted by atomic mass is 10.1. The van der Waals surface area contributed by atoms with E-state index in [1.54, 1.807) is 68.2 Å². The molecule has 14 rings (SSSR count). The van der Waals surface area contributed by atoms with Crippen LogP contribution in [-0.2, 0) is 0 Å². The molecule has 13 aromatic heterocycles. The van der Waals surface area contributed by atoms with Crippen LogP contribution in [0.15, 0.2) is 215 Å². The molecule has 0 saturated carbocycles. The molecule has 0 bridgehead atoms. The summed E-state index contributed by atoms with van der Waals surface area (Å²) in [4.78, 5) is 49.1. The van der Waals surface area contributed by atoms with E-state index < -0.39 is 0 Å². The fourth-order valence-corrected chi connectivity index (χ4v) is 8.06. The van der Waals surface area contributed by atoms with E-state index in [1.807, 2.05) is 161 Å². The molecule has 0 amide bonds. The zero-order valence-corrected chi connectivity index (χ0v) is 44.0. The summed E-state index contributed by atoms with van der Waals surface area (Å²) in [5, 5.41) is 20.6. The van der Waals surface area contributed by atoms with Crippen LogP contribution in [0.5, 0.6) is 0 Å². The van der Waals surface area contributed by atoms with Crippen LogP contribution < -0.4 is 0 Å². The van der Waals surface area contributed by atoms with Gasteiger partial charge in [-0.05, 0) is 166 Å². The Hall–Kier alpha value is -10.1. The second-order valence-electron chi connectivity index (χ2n) is 17.7. The molecule has 77 heavy (non-hydrogen) atoms. The number of fused-ring (bicyclic) bond motifs is 7. The summed E-state index contributed by atoms with van der Waals surface area (Å²) in [6.45, 7) is 14.3. The van der Waals surface area contributed by atoms with Crippen LogP contribution in [-0.4, -0.2) is 70.0 Å². The standard InChI is InChI=1S/7C9H8N2/c1-7-9-3-4-10-6-8(9)2-5-11-7;1-7-2-5-11-9-6-10-4-3-8(7)9;1-7-9-6-10-4-2-8(9)3-5-11-7;1-7-4-11-6-8-5-10-3-2-9(7)8;1-7-4-11-5-8-2-3-10-6-9(7)8;1-7-4-6-11-9-8(7)3-2-5-10-9;1-7-3-2-4-9-8(7)5-6-10-11-9/h7*2-6H,1H3. The molecule has 0 N–H and O–H groups in total. The maximum absolute atomic E-state index is 4.18. The van der Waals surface area contributed by atoms with Crippen molar-refractivity contribution in [2.75, 3.05) is 0 Å². The predicted molar refractivity (Wildman–Crippen MR) is 310 cm³/mol. The van der Waals surface area contributed by atoms with Crippen LogP contribution >= 0.6 is 0 Å². The van der Waals surface area contributed by atoms with Crippen molar-refractivity contribution in [2.45, 2.75) is 48.5 Å². The first-order valence-electron chi connectivity index (χ1n) is 24.7. The minimum Gasteiger partial charge on any atom is -0.264 e. The Morgan fingerprint density at radius 2 is 0.740 bits per heavy atom. The Kier molecular flexibility index (Phi) is 18.5. The third kappa shape index (κ3) is 14.4. The monoisotopic (exact) mass is 1010 g/mol. The van der Waals surface area contributed by atoms with Gasteiger partial charge in [0.05, 0.1) is 23.4 Å². The molecule has 1 aromatic carbocycles. The predicted octanol–water partition coefficient (Wildman–Crippen LogP) is 13.6. The summed E-state index contributed by atoms with van der Waals surface area (Å²) in [6.07, 6.45) is 36.2. The number of pyridine rings is 12. The van der Waals surface area contributed by atoms with Crippen molar-refractivity contribution in [1.82, 2.24) is 70.0 Å². The summed E-state index contributed by atoms with van der Waals surface area (Å²) in [5.74, 6) is 0. The minimum absolute atomic E-state index is 0.826. The molecule has 0 saturated heterocycles. The fourth-order valence-electron chi connectivity index (χ4n) is 8.06. The summed E-state index contributed by atoms with van der Waals surface area (Å²) in [6, 6.07) is 29.9. The number of nitrogens with zero attached hydrogens (tertiary/aromatic N) is 14. The van der Waals surface area contributed by atoms with Gasteiger partial charge in [-0.15, -0.1) is 0 Å². The largest absolute Gasteiger partial charge is 0.264 e. The van der Waals surface area contributed by atoms with Crippen molar-refractivity contribution < 1.29 is 0 Å². The lowest BCUT2D eigenvalue weighted by molar-refractivity contribution is 1.07. The Labute approximate surface area is 446 Å². The van der Waals surface area contributed by atoms with E-state index in [0.717, 1.165) is 55.0 Å². The van der Waals surface area contributed by atoms with E-state index in [2.05, 4.69) is 104 Å². The van der Waals surface area contributed by atoms with Gasteiger partial charge in [0.2, 0.25) is 0 Å². The average molecular weight is 1010 g/mol. The summed E-state index contributed by atoms with van der Waals surface area (Å²) < 4.78 is 0. The zero-order valence-electron chi connectivity index (χ0n) is 44.0. The van der Waals surface area contributed by atoms with Gasteiger partial charge in [0, 0.05) is 171 Å². The highest BCUT2D eigenvalue weighted by atomic mass is 15.1. The molecule has 0 fully saturated rings. The number of hydrogen-bond acceptors (Lipinski definition) is 14. The fraction of sp³-hybridized carbons (Fsp3) is 0.111.